The Kier molecular flexibility index (Phi) is 5.44. The van der Waals surface area contributed by atoms with Gasteiger partial charge in [0.2, 0.25) is 11.8 Å². The summed E-state index contributed by atoms with van der Waals surface area (Å²) < 4.78 is 0. The first-order valence-corrected chi connectivity index (χ1v) is 5.61. The Morgan fingerprint density at radius 1 is 1.25 bits per heavy atom. The molecule has 0 bridgehead atoms. The molecule has 94 valence electrons. The molecule has 0 rings (SSSR count). The summed E-state index contributed by atoms with van der Waals surface area (Å²) in [4.78, 5) is 23.2. The fraction of sp³-hybridized carbons (Fsp3) is 0.818. The summed E-state index contributed by atoms with van der Waals surface area (Å²) in [6.07, 6.45) is 0.525. The molecule has 0 aromatic heterocycles. The van der Waals surface area contributed by atoms with Crippen LogP contribution in [0.25, 0.3) is 0 Å². The molecule has 0 fully saturated rings. The minimum absolute atomic E-state index is 0.0577. The first-order valence-electron chi connectivity index (χ1n) is 5.61. The van der Waals surface area contributed by atoms with Crippen LogP contribution in [0.2, 0.25) is 0 Å². The van der Waals surface area contributed by atoms with E-state index in [1.54, 1.807) is 13.8 Å². The zero-order valence-corrected chi connectivity index (χ0v) is 10.8. The van der Waals surface area contributed by atoms with Gasteiger partial charge in [-0.05, 0) is 34.1 Å². The lowest BCUT2D eigenvalue weighted by Crippen LogP contribution is -2.56. The molecule has 0 aliphatic carbocycles. The van der Waals surface area contributed by atoms with E-state index in [0.29, 0.717) is 6.42 Å². The van der Waals surface area contributed by atoms with Gasteiger partial charge >= 0.3 is 0 Å². The molecule has 4 N–H and O–H groups in total. The molecule has 0 aliphatic rings. The SMILES string of the molecule is CCC(C)(N)C(=O)NC(C)C(=O)NC(C)C. The first-order chi connectivity index (χ1) is 7.20. The van der Waals surface area contributed by atoms with Crippen LogP contribution in [0.5, 0.6) is 0 Å². The zero-order chi connectivity index (χ0) is 12.9. The van der Waals surface area contributed by atoms with Crippen molar-refractivity contribution in [3.8, 4) is 0 Å². The van der Waals surface area contributed by atoms with Crippen LogP contribution in [-0.4, -0.2) is 29.4 Å². The zero-order valence-electron chi connectivity index (χ0n) is 10.8. The van der Waals surface area contributed by atoms with Gasteiger partial charge in [-0.15, -0.1) is 0 Å². The Hall–Kier alpha value is -1.10. The van der Waals surface area contributed by atoms with Gasteiger partial charge < -0.3 is 16.4 Å². The van der Waals surface area contributed by atoms with E-state index in [-0.39, 0.29) is 17.9 Å². The van der Waals surface area contributed by atoms with Gasteiger partial charge in [0, 0.05) is 6.04 Å². The van der Waals surface area contributed by atoms with Crippen molar-refractivity contribution in [2.75, 3.05) is 0 Å². The van der Waals surface area contributed by atoms with Crippen molar-refractivity contribution < 1.29 is 9.59 Å². The molecule has 0 aromatic rings. The predicted octanol–water partition coefficient (Wildman–Crippen LogP) is 0.143. The molecular weight excluding hydrogens is 206 g/mol. The van der Waals surface area contributed by atoms with Crippen molar-refractivity contribution in [3.05, 3.63) is 0 Å². The molecule has 2 unspecified atom stereocenters. The third kappa shape index (κ3) is 4.61. The highest BCUT2D eigenvalue weighted by Gasteiger charge is 2.28. The number of nitrogens with one attached hydrogen (secondary N) is 2. The highest BCUT2D eigenvalue weighted by molar-refractivity contribution is 5.91. The van der Waals surface area contributed by atoms with Gasteiger partial charge in [-0.1, -0.05) is 6.92 Å². The summed E-state index contributed by atoms with van der Waals surface area (Å²) >= 11 is 0. The monoisotopic (exact) mass is 229 g/mol. The maximum absolute atomic E-state index is 11.7. The Morgan fingerprint density at radius 3 is 2.12 bits per heavy atom. The molecule has 5 nitrogen and oxygen atoms in total. The Bertz CT molecular complexity index is 262. The third-order valence-corrected chi connectivity index (χ3v) is 2.42. The minimum Gasteiger partial charge on any atom is -0.352 e. The van der Waals surface area contributed by atoms with E-state index < -0.39 is 11.6 Å². The number of rotatable bonds is 5. The highest BCUT2D eigenvalue weighted by Crippen LogP contribution is 2.04. The molecule has 0 heterocycles. The Balaban J connectivity index is 4.30. The molecule has 0 radical (unpaired) electrons. The molecule has 0 saturated carbocycles. The van der Waals surface area contributed by atoms with Gasteiger partial charge in [0.1, 0.15) is 6.04 Å². The van der Waals surface area contributed by atoms with Gasteiger partial charge in [0.05, 0.1) is 5.54 Å². The average Bonchev–Trinajstić information content (AvgIpc) is 2.16. The lowest BCUT2D eigenvalue weighted by Gasteiger charge is -2.24. The summed E-state index contributed by atoms with van der Waals surface area (Å²) in [6, 6.07) is -0.508. The van der Waals surface area contributed by atoms with Crippen LogP contribution in [0.15, 0.2) is 0 Å². The summed E-state index contributed by atoms with van der Waals surface area (Å²) in [6.45, 7) is 8.85. The second-order valence-electron chi connectivity index (χ2n) is 4.63. The fourth-order valence-corrected chi connectivity index (χ4v) is 0.997. The lowest BCUT2D eigenvalue weighted by atomic mass is 9.99. The minimum atomic E-state index is -0.924. The van der Waals surface area contributed by atoms with Crippen molar-refractivity contribution in [1.82, 2.24) is 10.6 Å². The Morgan fingerprint density at radius 2 is 1.75 bits per heavy atom. The van der Waals surface area contributed by atoms with E-state index in [1.807, 2.05) is 20.8 Å². The normalized spacial score (nSPS) is 16.4. The average molecular weight is 229 g/mol. The second-order valence-corrected chi connectivity index (χ2v) is 4.63. The molecule has 0 aromatic carbocycles. The van der Waals surface area contributed by atoms with Crippen LogP contribution in [0.1, 0.15) is 41.0 Å². The number of carbonyl (C=O) groups is 2. The third-order valence-electron chi connectivity index (χ3n) is 2.42. The van der Waals surface area contributed by atoms with Crippen LogP contribution < -0.4 is 16.4 Å². The van der Waals surface area contributed by atoms with Crippen LogP contribution >= 0.6 is 0 Å². The fourth-order valence-electron chi connectivity index (χ4n) is 0.997. The Labute approximate surface area is 97.2 Å². The molecule has 5 heteroatoms. The van der Waals surface area contributed by atoms with Gasteiger partial charge in [-0.25, -0.2) is 0 Å². The van der Waals surface area contributed by atoms with Crippen molar-refractivity contribution in [3.63, 3.8) is 0 Å². The number of hydrogen-bond acceptors (Lipinski definition) is 3. The second kappa shape index (κ2) is 5.84. The first kappa shape index (κ1) is 14.9. The largest absolute Gasteiger partial charge is 0.352 e. The maximum atomic E-state index is 11.7. The predicted molar refractivity (Wildman–Crippen MR) is 63.8 cm³/mol. The van der Waals surface area contributed by atoms with E-state index in [4.69, 9.17) is 5.73 Å². The van der Waals surface area contributed by atoms with Gasteiger partial charge in [0.25, 0.3) is 0 Å². The quantitative estimate of drug-likeness (QED) is 0.627. The van der Waals surface area contributed by atoms with Crippen molar-refractivity contribution in [1.29, 1.82) is 0 Å². The van der Waals surface area contributed by atoms with E-state index in [2.05, 4.69) is 10.6 Å². The number of amides is 2. The standard InChI is InChI=1S/C11H23N3O2/c1-6-11(5,12)10(16)14-8(4)9(15)13-7(2)3/h7-8H,6,12H2,1-5H3,(H,13,15)(H,14,16). The van der Waals surface area contributed by atoms with E-state index in [9.17, 15) is 9.59 Å². The van der Waals surface area contributed by atoms with Crippen molar-refractivity contribution in [2.45, 2.75) is 58.7 Å². The highest BCUT2D eigenvalue weighted by atomic mass is 16.2. The van der Waals surface area contributed by atoms with E-state index in [0.717, 1.165) is 0 Å². The molecule has 0 saturated heterocycles. The van der Waals surface area contributed by atoms with Gasteiger partial charge in [0.15, 0.2) is 0 Å². The molecule has 0 aliphatic heterocycles. The van der Waals surface area contributed by atoms with Crippen LogP contribution in [0.4, 0.5) is 0 Å². The number of nitrogens with two attached hydrogens (primary N) is 1. The van der Waals surface area contributed by atoms with Crippen LogP contribution in [0.3, 0.4) is 0 Å². The van der Waals surface area contributed by atoms with Crippen molar-refractivity contribution in [2.24, 2.45) is 5.73 Å². The van der Waals surface area contributed by atoms with Crippen LogP contribution in [-0.2, 0) is 9.59 Å². The van der Waals surface area contributed by atoms with E-state index in [1.165, 1.54) is 0 Å². The molecule has 0 spiro atoms. The summed E-state index contributed by atoms with van der Waals surface area (Å²) in [7, 11) is 0. The maximum Gasteiger partial charge on any atom is 0.242 e. The molecule has 2 amide bonds. The summed E-state index contributed by atoms with van der Waals surface area (Å²) in [5, 5.41) is 5.32. The van der Waals surface area contributed by atoms with E-state index >= 15 is 0 Å². The van der Waals surface area contributed by atoms with Crippen molar-refractivity contribution >= 4 is 11.8 Å². The summed E-state index contributed by atoms with van der Waals surface area (Å²) in [5.41, 5.74) is 4.84. The number of hydrogen-bond donors (Lipinski definition) is 3. The topological polar surface area (TPSA) is 84.2 Å². The molecule has 2 atom stereocenters. The van der Waals surface area contributed by atoms with Gasteiger partial charge in [-0.2, -0.15) is 0 Å². The van der Waals surface area contributed by atoms with Crippen LogP contribution in [0, 0.1) is 0 Å². The molecular formula is C11H23N3O2. The lowest BCUT2D eigenvalue weighted by molar-refractivity contribution is -0.131. The smallest absolute Gasteiger partial charge is 0.242 e. The molecule has 16 heavy (non-hydrogen) atoms. The number of carbonyl (C=O) groups excluding carboxylic acids is 2. The van der Waals surface area contributed by atoms with Gasteiger partial charge in [-0.3, -0.25) is 9.59 Å². The summed E-state index contributed by atoms with van der Waals surface area (Å²) in [5.74, 6) is -0.503.